The van der Waals surface area contributed by atoms with Gasteiger partial charge in [0.15, 0.2) is 11.5 Å². The van der Waals surface area contributed by atoms with Crippen molar-refractivity contribution in [2.75, 3.05) is 39.9 Å². The number of carbonyl (C=O) groups excluding carboxylic acids is 1. The van der Waals surface area contributed by atoms with Gasteiger partial charge in [0, 0.05) is 18.7 Å². The molecule has 1 heterocycles. The number of amides is 1. The lowest BCUT2D eigenvalue weighted by molar-refractivity contribution is 0.0944. The molecule has 1 N–H and O–H groups in total. The van der Waals surface area contributed by atoms with Gasteiger partial charge in [0.2, 0.25) is 0 Å². The zero-order valence-electron chi connectivity index (χ0n) is 16.7. The smallest absolute Gasteiger partial charge is 0.251 e. The molecule has 1 aromatic rings. The first-order chi connectivity index (χ1) is 12.5. The summed E-state index contributed by atoms with van der Waals surface area (Å²) in [5.74, 6) is 2.26. The van der Waals surface area contributed by atoms with Gasteiger partial charge >= 0.3 is 0 Å². The Morgan fingerprint density at radius 2 is 1.92 bits per heavy atom. The highest BCUT2D eigenvalue weighted by Gasteiger charge is 2.16. The Bertz CT molecular complexity index is 568. The van der Waals surface area contributed by atoms with Crippen molar-refractivity contribution in [1.29, 1.82) is 0 Å². The van der Waals surface area contributed by atoms with Gasteiger partial charge in [-0.3, -0.25) is 4.79 Å². The molecule has 0 spiro atoms. The van der Waals surface area contributed by atoms with Gasteiger partial charge in [-0.25, -0.2) is 0 Å². The number of hydrogen-bond acceptors (Lipinski definition) is 4. The minimum absolute atomic E-state index is 0.0645. The van der Waals surface area contributed by atoms with Gasteiger partial charge in [-0.2, -0.15) is 0 Å². The molecule has 1 aromatic carbocycles. The van der Waals surface area contributed by atoms with Crippen molar-refractivity contribution in [2.45, 2.75) is 40.0 Å². The van der Waals surface area contributed by atoms with Crippen LogP contribution in [0.25, 0.3) is 0 Å². The Morgan fingerprint density at radius 3 is 2.58 bits per heavy atom. The summed E-state index contributed by atoms with van der Waals surface area (Å²) < 4.78 is 11.2. The Morgan fingerprint density at radius 1 is 1.19 bits per heavy atom. The molecule has 1 amide bonds. The van der Waals surface area contributed by atoms with Crippen LogP contribution >= 0.6 is 0 Å². The minimum Gasteiger partial charge on any atom is -0.493 e. The van der Waals surface area contributed by atoms with Gasteiger partial charge < -0.3 is 19.7 Å². The molecule has 5 heteroatoms. The molecule has 1 atom stereocenters. The zero-order chi connectivity index (χ0) is 18.9. The summed E-state index contributed by atoms with van der Waals surface area (Å²) in [4.78, 5) is 14.9. The van der Waals surface area contributed by atoms with Gasteiger partial charge in [-0.1, -0.05) is 20.8 Å². The molecule has 5 nitrogen and oxygen atoms in total. The zero-order valence-corrected chi connectivity index (χ0v) is 16.7. The highest BCUT2D eigenvalue weighted by molar-refractivity contribution is 5.94. The number of benzene rings is 1. The molecule has 146 valence electrons. The second-order valence-corrected chi connectivity index (χ2v) is 7.72. The quantitative estimate of drug-likeness (QED) is 0.691. The fourth-order valence-electron chi connectivity index (χ4n) is 3.17. The highest BCUT2D eigenvalue weighted by atomic mass is 16.5. The molecule has 0 aliphatic carbocycles. The molecule has 1 fully saturated rings. The van der Waals surface area contributed by atoms with E-state index >= 15 is 0 Å². The lowest BCUT2D eigenvalue weighted by Crippen LogP contribution is -2.34. The van der Waals surface area contributed by atoms with Crippen LogP contribution in [0.4, 0.5) is 0 Å². The Labute approximate surface area is 158 Å². The third-order valence-corrected chi connectivity index (χ3v) is 4.76. The number of likely N-dealkylation sites (tertiary alicyclic amines) is 1. The van der Waals surface area contributed by atoms with Crippen LogP contribution in [0.1, 0.15) is 50.4 Å². The predicted octanol–water partition coefficient (Wildman–Crippen LogP) is 3.58. The summed E-state index contributed by atoms with van der Waals surface area (Å²) >= 11 is 0. The summed E-state index contributed by atoms with van der Waals surface area (Å²) in [5, 5.41) is 3.04. The van der Waals surface area contributed by atoms with E-state index in [9.17, 15) is 4.79 Å². The molecular formula is C21H34N2O3. The van der Waals surface area contributed by atoms with Crippen LogP contribution in [0.5, 0.6) is 11.5 Å². The third-order valence-electron chi connectivity index (χ3n) is 4.76. The van der Waals surface area contributed by atoms with E-state index in [1.54, 1.807) is 19.2 Å². The fraction of sp³-hybridized carbons (Fsp3) is 0.667. The van der Waals surface area contributed by atoms with E-state index in [4.69, 9.17) is 9.47 Å². The minimum atomic E-state index is -0.0645. The summed E-state index contributed by atoms with van der Waals surface area (Å²) in [6, 6.07) is 5.38. The lowest BCUT2D eigenvalue weighted by Gasteiger charge is -2.20. The lowest BCUT2D eigenvalue weighted by atomic mass is 10.1. The molecule has 0 radical (unpaired) electrons. The van der Waals surface area contributed by atoms with Crippen LogP contribution in [0.3, 0.4) is 0 Å². The molecule has 0 saturated carbocycles. The van der Waals surface area contributed by atoms with Crippen molar-refractivity contribution in [1.82, 2.24) is 10.2 Å². The largest absolute Gasteiger partial charge is 0.493 e. The van der Waals surface area contributed by atoms with E-state index in [1.165, 1.54) is 25.9 Å². The van der Waals surface area contributed by atoms with Gasteiger partial charge in [0.25, 0.3) is 5.91 Å². The van der Waals surface area contributed by atoms with E-state index in [-0.39, 0.29) is 5.91 Å². The first kappa shape index (κ1) is 20.6. The number of methoxy groups -OCH3 is 1. The molecule has 1 aliphatic rings. The van der Waals surface area contributed by atoms with Crippen LogP contribution in [0, 0.1) is 11.8 Å². The van der Waals surface area contributed by atoms with Crippen molar-refractivity contribution in [3.05, 3.63) is 23.8 Å². The second-order valence-electron chi connectivity index (χ2n) is 7.72. The van der Waals surface area contributed by atoms with Crippen molar-refractivity contribution in [3.8, 4) is 11.5 Å². The van der Waals surface area contributed by atoms with Crippen LogP contribution in [0.2, 0.25) is 0 Å². The summed E-state index contributed by atoms with van der Waals surface area (Å²) in [7, 11) is 1.60. The maximum atomic E-state index is 12.4. The van der Waals surface area contributed by atoms with Gasteiger partial charge in [0.1, 0.15) is 0 Å². The normalized spacial score (nSPS) is 15.9. The van der Waals surface area contributed by atoms with Gasteiger partial charge in [0.05, 0.1) is 13.7 Å². The van der Waals surface area contributed by atoms with E-state index in [1.807, 2.05) is 6.07 Å². The summed E-state index contributed by atoms with van der Waals surface area (Å²) in [6.07, 6.45) is 3.58. The highest BCUT2D eigenvalue weighted by Crippen LogP contribution is 2.28. The number of rotatable bonds is 10. The Hall–Kier alpha value is -1.75. The van der Waals surface area contributed by atoms with Crippen molar-refractivity contribution in [3.63, 3.8) is 0 Å². The van der Waals surface area contributed by atoms with Crippen LogP contribution < -0.4 is 14.8 Å². The van der Waals surface area contributed by atoms with E-state index in [0.717, 1.165) is 13.0 Å². The number of ether oxygens (including phenoxy) is 2. The number of hydrogen-bond donors (Lipinski definition) is 1. The van der Waals surface area contributed by atoms with Gasteiger partial charge in [-0.05, 0) is 62.4 Å². The maximum Gasteiger partial charge on any atom is 0.251 e. The summed E-state index contributed by atoms with van der Waals surface area (Å²) in [5.41, 5.74) is 0.603. The SMILES string of the molecule is COc1cc(C(=O)NCC(C)CN2CCCC2)ccc1OCCC(C)C. The molecule has 1 unspecified atom stereocenters. The second kappa shape index (κ2) is 10.4. The van der Waals surface area contributed by atoms with Crippen LogP contribution in [-0.2, 0) is 0 Å². The summed E-state index contributed by atoms with van der Waals surface area (Å²) in [6.45, 7) is 11.3. The van der Waals surface area contributed by atoms with E-state index < -0.39 is 0 Å². The molecule has 1 saturated heterocycles. The van der Waals surface area contributed by atoms with Gasteiger partial charge in [-0.15, -0.1) is 0 Å². The topological polar surface area (TPSA) is 50.8 Å². The molecule has 2 rings (SSSR count). The average Bonchev–Trinajstić information content (AvgIpc) is 3.12. The van der Waals surface area contributed by atoms with Crippen molar-refractivity contribution < 1.29 is 14.3 Å². The van der Waals surface area contributed by atoms with Crippen LogP contribution in [-0.4, -0.2) is 50.7 Å². The maximum absolute atomic E-state index is 12.4. The molecular weight excluding hydrogens is 328 g/mol. The molecule has 1 aliphatic heterocycles. The number of carbonyl (C=O) groups is 1. The Kier molecular flexibility index (Phi) is 8.23. The van der Waals surface area contributed by atoms with E-state index in [2.05, 4.69) is 31.0 Å². The Balaban J connectivity index is 1.85. The monoisotopic (exact) mass is 362 g/mol. The molecule has 26 heavy (non-hydrogen) atoms. The van der Waals surface area contributed by atoms with E-state index in [0.29, 0.717) is 42.0 Å². The van der Waals surface area contributed by atoms with Crippen molar-refractivity contribution in [2.24, 2.45) is 11.8 Å². The van der Waals surface area contributed by atoms with Crippen LogP contribution in [0.15, 0.2) is 18.2 Å². The average molecular weight is 363 g/mol. The standard InChI is InChI=1S/C21H34N2O3/c1-16(2)9-12-26-19-8-7-18(13-20(19)25-4)21(24)22-14-17(3)15-23-10-5-6-11-23/h7-8,13,16-17H,5-6,9-12,14-15H2,1-4H3,(H,22,24). The first-order valence-electron chi connectivity index (χ1n) is 9.81. The fourth-order valence-corrected chi connectivity index (χ4v) is 3.17. The van der Waals surface area contributed by atoms with Crippen molar-refractivity contribution >= 4 is 5.91 Å². The third kappa shape index (κ3) is 6.52. The number of nitrogens with zero attached hydrogens (tertiary/aromatic N) is 1. The first-order valence-corrected chi connectivity index (χ1v) is 9.81. The molecule has 0 bridgehead atoms. The predicted molar refractivity (Wildman–Crippen MR) is 105 cm³/mol. The number of nitrogens with one attached hydrogen (secondary N) is 1. The molecule has 0 aromatic heterocycles.